The zero-order valence-electron chi connectivity index (χ0n) is 9.42. The van der Waals surface area contributed by atoms with E-state index in [1.807, 2.05) is 19.4 Å². The molecule has 0 bridgehead atoms. The van der Waals surface area contributed by atoms with Gasteiger partial charge >= 0.3 is 0 Å². The average Bonchev–Trinajstić information content (AvgIpc) is 2.86. The van der Waals surface area contributed by atoms with E-state index >= 15 is 0 Å². The topological polar surface area (TPSA) is 69.6 Å². The van der Waals surface area contributed by atoms with Gasteiger partial charge in [0.25, 0.3) is 0 Å². The number of rotatable bonds is 4. The molecular weight excluding hydrogens is 222 g/mol. The van der Waals surface area contributed by atoms with E-state index in [-0.39, 0.29) is 6.04 Å². The highest BCUT2D eigenvalue weighted by molar-refractivity contribution is 7.05. The fourth-order valence-corrected chi connectivity index (χ4v) is 2.40. The standard InChI is InChI=1S/C10H15N5S/c1-3-9-10(16-14-13-9)8(11)4-7-5-12-15(2)6-7/h5-6,8H,3-4,11H2,1-2H3. The summed E-state index contributed by atoms with van der Waals surface area (Å²) < 4.78 is 5.74. The molecule has 86 valence electrons. The summed E-state index contributed by atoms with van der Waals surface area (Å²) in [6, 6.07) is -0.0286. The van der Waals surface area contributed by atoms with Gasteiger partial charge in [-0.2, -0.15) is 5.10 Å². The van der Waals surface area contributed by atoms with Crippen LogP contribution in [0.4, 0.5) is 0 Å². The number of hydrogen-bond donors (Lipinski definition) is 1. The Morgan fingerprint density at radius 1 is 1.56 bits per heavy atom. The van der Waals surface area contributed by atoms with Crippen LogP contribution in [-0.4, -0.2) is 19.4 Å². The molecule has 0 saturated heterocycles. The lowest BCUT2D eigenvalue weighted by Gasteiger charge is -2.08. The molecule has 2 rings (SSSR count). The first-order valence-corrected chi connectivity index (χ1v) is 6.02. The van der Waals surface area contributed by atoms with Crippen molar-refractivity contribution in [1.82, 2.24) is 19.4 Å². The van der Waals surface area contributed by atoms with E-state index < -0.39 is 0 Å². The lowest BCUT2D eigenvalue weighted by atomic mass is 10.1. The molecular formula is C10H15N5S. The molecule has 16 heavy (non-hydrogen) atoms. The summed E-state index contributed by atoms with van der Waals surface area (Å²) in [6.07, 6.45) is 5.50. The Bertz CT molecular complexity index is 461. The third-order valence-corrected chi connectivity index (χ3v) is 3.37. The fraction of sp³-hybridized carbons (Fsp3) is 0.500. The van der Waals surface area contributed by atoms with E-state index in [4.69, 9.17) is 5.73 Å². The Labute approximate surface area is 98.4 Å². The molecule has 2 aromatic rings. The first-order chi connectivity index (χ1) is 7.70. The minimum Gasteiger partial charge on any atom is -0.323 e. The zero-order valence-corrected chi connectivity index (χ0v) is 10.2. The molecule has 1 atom stereocenters. The molecule has 0 aliphatic rings. The summed E-state index contributed by atoms with van der Waals surface area (Å²) in [5.41, 5.74) is 8.31. The molecule has 1 unspecified atom stereocenters. The van der Waals surface area contributed by atoms with Crippen molar-refractivity contribution in [1.29, 1.82) is 0 Å². The van der Waals surface area contributed by atoms with E-state index in [9.17, 15) is 0 Å². The van der Waals surface area contributed by atoms with Gasteiger partial charge in [0.2, 0.25) is 0 Å². The van der Waals surface area contributed by atoms with Crippen LogP contribution >= 0.6 is 11.5 Å². The van der Waals surface area contributed by atoms with E-state index in [2.05, 4.69) is 21.6 Å². The SMILES string of the molecule is CCc1nnsc1C(N)Cc1cnn(C)c1. The summed E-state index contributed by atoms with van der Waals surface area (Å²) in [5.74, 6) is 0. The Kier molecular flexibility index (Phi) is 3.31. The average molecular weight is 237 g/mol. The van der Waals surface area contributed by atoms with E-state index in [0.29, 0.717) is 0 Å². The molecule has 0 amide bonds. The van der Waals surface area contributed by atoms with Gasteiger partial charge in [-0.25, -0.2) is 0 Å². The van der Waals surface area contributed by atoms with Crippen LogP contribution in [0.2, 0.25) is 0 Å². The summed E-state index contributed by atoms with van der Waals surface area (Å²) in [5, 5.41) is 8.20. The molecule has 0 aromatic carbocycles. The lowest BCUT2D eigenvalue weighted by molar-refractivity contribution is 0.719. The van der Waals surface area contributed by atoms with Crippen LogP contribution in [0.15, 0.2) is 12.4 Å². The molecule has 0 aliphatic carbocycles. The van der Waals surface area contributed by atoms with Crippen LogP contribution in [0.3, 0.4) is 0 Å². The Morgan fingerprint density at radius 2 is 2.38 bits per heavy atom. The van der Waals surface area contributed by atoms with Gasteiger partial charge in [-0.1, -0.05) is 11.4 Å². The highest BCUT2D eigenvalue weighted by atomic mass is 32.1. The Morgan fingerprint density at radius 3 is 3.00 bits per heavy atom. The fourth-order valence-electron chi connectivity index (χ4n) is 1.67. The van der Waals surface area contributed by atoms with Crippen molar-refractivity contribution in [3.63, 3.8) is 0 Å². The molecule has 0 spiro atoms. The van der Waals surface area contributed by atoms with Gasteiger partial charge in [0, 0.05) is 19.3 Å². The van der Waals surface area contributed by atoms with Gasteiger partial charge in [-0.3, -0.25) is 4.68 Å². The maximum atomic E-state index is 6.15. The number of nitrogens with two attached hydrogens (primary N) is 1. The van der Waals surface area contributed by atoms with Gasteiger partial charge in [-0.05, 0) is 29.9 Å². The van der Waals surface area contributed by atoms with E-state index in [0.717, 1.165) is 29.0 Å². The van der Waals surface area contributed by atoms with E-state index in [1.54, 1.807) is 4.68 Å². The minimum atomic E-state index is -0.0286. The summed E-state index contributed by atoms with van der Waals surface area (Å²) in [7, 11) is 1.90. The Hall–Kier alpha value is -1.27. The predicted octanol–water partition coefficient (Wildman–Crippen LogP) is 1.08. The molecule has 0 fully saturated rings. The maximum absolute atomic E-state index is 6.15. The van der Waals surface area contributed by atoms with Gasteiger partial charge in [0.1, 0.15) is 0 Å². The predicted molar refractivity (Wildman–Crippen MR) is 63.1 cm³/mol. The third kappa shape index (κ3) is 2.28. The Balaban J connectivity index is 2.11. The monoisotopic (exact) mass is 237 g/mol. The number of aryl methyl sites for hydroxylation is 2. The van der Waals surface area contributed by atoms with Crippen molar-refractivity contribution in [2.24, 2.45) is 12.8 Å². The highest BCUT2D eigenvalue weighted by Gasteiger charge is 2.15. The zero-order chi connectivity index (χ0) is 11.5. The molecule has 6 heteroatoms. The smallest absolute Gasteiger partial charge is 0.0801 e. The minimum absolute atomic E-state index is 0.0286. The maximum Gasteiger partial charge on any atom is 0.0801 e. The van der Waals surface area contributed by atoms with Gasteiger partial charge < -0.3 is 5.73 Å². The molecule has 2 heterocycles. The second kappa shape index (κ2) is 4.71. The summed E-state index contributed by atoms with van der Waals surface area (Å²) in [4.78, 5) is 1.09. The van der Waals surface area contributed by atoms with Crippen LogP contribution in [0.25, 0.3) is 0 Å². The van der Waals surface area contributed by atoms with Gasteiger partial charge in [0.15, 0.2) is 0 Å². The van der Waals surface area contributed by atoms with Crippen LogP contribution in [0, 0.1) is 0 Å². The highest BCUT2D eigenvalue weighted by Crippen LogP contribution is 2.22. The van der Waals surface area contributed by atoms with Crippen molar-refractivity contribution in [3.8, 4) is 0 Å². The van der Waals surface area contributed by atoms with Gasteiger partial charge in [0.05, 0.1) is 16.8 Å². The first-order valence-electron chi connectivity index (χ1n) is 5.25. The molecule has 0 aliphatic heterocycles. The molecule has 0 radical (unpaired) electrons. The molecule has 5 nitrogen and oxygen atoms in total. The quantitative estimate of drug-likeness (QED) is 0.863. The van der Waals surface area contributed by atoms with Crippen molar-refractivity contribution in [3.05, 3.63) is 28.5 Å². The van der Waals surface area contributed by atoms with Crippen LogP contribution in [-0.2, 0) is 19.9 Å². The third-order valence-electron chi connectivity index (χ3n) is 2.47. The van der Waals surface area contributed by atoms with Crippen molar-refractivity contribution in [2.45, 2.75) is 25.8 Å². The van der Waals surface area contributed by atoms with E-state index in [1.165, 1.54) is 11.5 Å². The van der Waals surface area contributed by atoms with Crippen molar-refractivity contribution < 1.29 is 0 Å². The van der Waals surface area contributed by atoms with Crippen LogP contribution < -0.4 is 5.73 Å². The summed E-state index contributed by atoms with van der Waals surface area (Å²) >= 11 is 1.39. The number of hydrogen-bond acceptors (Lipinski definition) is 5. The van der Waals surface area contributed by atoms with Crippen LogP contribution in [0.1, 0.15) is 29.1 Å². The second-order valence-electron chi connectivity index (χ2n) is 3.77. The van der Waals surface area contributed by atoms with Crippen molar-refractivity contribution >= 4 is 11.5 Å². The largest absolute Gasteiger partial charge is 0.323 e. The molecule has 2 aromatic heterocycles. The molecule has 2 N–H and O–H groups in total. The van der Waals surface area contributed by atoms with Crippen molar-refractivity contribution in [2.75, 3.05) is 0 Å². The molecule has 0 saturated carbocycles. The first kappa shape index (κ1) is 11.2. The lowest BCUT2D eigenvalue weighted by Crippen LogP contribution is -2.13. The summed E-state index contributed by atoms with van der Waals surface area (Å²) in [6.45, 7) is 2.07. The number of nitrogens with zero attached hydrogens (tertiary/aromatic N) is 4. The van der Waals surface area contributed by atoms with Gasteiger partial charge in [-0.15, -0.1) is 5.10 Å². The number of aromatic nitrogens is 4. The normalized spacial score (nSPS) is 12.9. The second-order valence-corrected chi connectivity index (χ2v) is 4.56. The van der Waals surface area contributed by atoms with Crippen LogP contribution in [0.5, 0.6) is 0 Å².